The van der Waals surface area contributed by atoms with E-state index in [1.807, 2.05) is 0 Å². The zero-order chi connectivity index (χ0) is 13.3. The zero-order valence-corrected chi connectivity index (χ0v) is 11.1. The van der Waals surface area contributed by atoms with Crippen molar-refractivity contribution < 1.29 is 9.90 Å². The maximum absolute atomic E-state index is 11.0. The average Bonchev–Trinajstić information content (AvgIpc) is 2.26. The summed E-state index contributed by atoms with van der Waals surface area (Å²) in [6, 6.07) is -0.709. The summed E-state index contributed by atoms with van der Waals surface area (Å²) in [5.74, 6) is -0.628. The highest BCUT2D eigenvalue weighted by molar-refractivity contribution is 5.82. The Morgan fingerprint density at radius 2 is 1.88 bits per heavy atom. The largest absolute Gasteiger partial charge is 0.480 e. The van der Waals surface area contributed by atoms with E-state index in [0.29, 0.717) is 6.42 Å². The van der Waals surface area contributed by atoms with Gasteiger partial charge in [0.15, 0.2) is 12.0 Å². The average molecular weight is 243 g/mol. The Hall–Kier alpha value is -1.26. The molecular formula is C12H25N3O2. The molecule has 5 heteroatoms. The Morgan fingerprint density at radius 1 is 1.29 bits per heavy atom. The maximum Gasteiger partial charge on any atom is 0.328 e. The summed E-state index contributed by atoms with van der Waals surface area (Å²) in [4.78, 5) is 16.6. The topological polar surface area (TPSA) is 78.9 Å². The monoisotopic (exact) mass is 243 g/mol. The molecule has 0 aliphatic rings. The molecule has 17 heavy (non-hydrogen) atoms. The third-order valence-electron chi connectivity index (χ3n) is 2.61. The second-order valence-electron chi connectivity index (χ2n) is 4.44. The van der Waals surface area contributed by atoms with Crippen molar-refractivity contribution in [2.45, 2.75) is 51.5 Å². The van der Waals surface area contributed by atoms with Crippen LogP contribution >= 0.6 is 0 Å². The van der Waals surface area contributed by atoms with Gasteiger partial charge in [-0.1, -0.05) is 39.0 Å². The molecule has 0 aromatic rings. The summed E-state index contributed by atoms with van der Waals surface area (Å²) < 4.78 is 0. The van der Waals surface area contributed by atoms with Gasteiger partial charge in [-0.2, -0.15) is 0 Å². The SMILES string of the molecule is CCCCCCCC(N=C(N)N(C)C)C(=O)O. The van der Waals surface area contributed by atoms with Crippen LogP contribution in [0, 0.1) is 0 Å². The minimum absolute atomic E-state index is 0.269. The number of aliphatic carboxylic acids is 1. The van der Waals surface area contributed by atoms with Crippen molar-refractivity contribution in [3.8, 4) is 0 Å². The van der Waals surface area contributed by atoms with Crippen molar-refractivity contribution >= 4 is 11.9 Å². The normalized spacial score (nSPS) is 13.5. The molecule has 0 spiro atoms. The number of carboxylic acids is 1. The first-order valence-electron chi connectivity index (χ1n) is 6.22. The second kappa shape index (κ2) is 8.84. The van der Waals surface area contributed by atoms with E-state index in [-0.39, 0.29) is 5.96 Å². The Bertz CT molecular complexity index is 252. The maximum atomic E-state index is 11.0. The summed E-state index contributed by atoms with van der Waals surface area (Å²) >= 11 is 0. The molecule has 5 nitrogen and oxygen atoms in total. The van der Waals surface area contributed by atoms with Crippen LogP contribution in [0.4, 0.5) is 0 Å². The third kappa shape index (κ3) is 7.60. The molecule has 0 aliphatic heterocycles. The second-order valence-corrected chi connectivity index (χ2v) is 4.44. The lowest BCUT2D eigenvalue weighted by molar-refractivity contribution is -0.138. The number of hydrogen-bond acceptors (Lipinski definition) is 2. The smallest absolute Gasteiger partial charge is 0.328 e. The summed E-state index contributed by atoms with van der Waals surface area (Å²) in [7, 11) is 3.50. The molecule has 0 rings (SSSR count). The molecule has 0 heterocycles. The minimum Gasteiger partial charge on any atom is -0.480 e. The van der Waals surface area contributed by atoms with Crippen LogP contribution in [-0.2, 0) is 4.79 Å². The molecule has 0 fully saturated rings. The number of nitrogens with two attached hydrogens (primary N) is 1. The standard InChI is InChI=1S/C12H25N3O2/c1-4-5-6-7-8-9-10(11(16)17)14-12(13)15(2)3/h10H,4-9H2,1-3H3,(H2,13,14)(H,16,17). The molecule has 100 valence electrons. The number of hydrogen-bond donors (Lipinski definition) is 2. The number of carbonyl (C=O) groups is 1. The predicted molar refractivity (Wildman–Crippen MR) is 70.1 cm³/mol. The predicted octanol–water partition coefficient (Wildman–Crippen LogP) is 1.68. The summed E-state index contributed by atoms with van der Waals surface area (Å²) in [5.41, 5.74) is 5.62. The van der Waals surface area contributed by atoms with Gasteiger partial charge >= 0.3 is 5.97 Å². The highest BCUT2D eigenvalue weighted by atomic mass is 16.4. The van der Waals surface area contributed by atoms with Gasteiger partial charge in [-0.15, -0.1) is 0 Å². The number of rotatable bonds is 8. The Labute approximate surface area is 104 Å². The first kappa shape index (κ1) is 15.7. The molecule has 0 aromatic carbocycles. The van der Waals surface area contributed by atoms with Gasteiger partial charge in [-0.25, -0.2) is 9.79 Å². The molecule has 0 aromatic heterocycles. The molecule has 0 aliphatic carbocycles. The van der Waals surface area contributed by atoms with E-state index in [4.69, 9.17) is 10.8 Å². The minimum atomic E-state index is -0.898. The van der Waals surface area contributed by atoms with E-state index in [2.05, 4.69) is 11.9 Å². The molecule has 0 radical (unpaired) electrons. The van der Waals surface area contributed by atoms with Crippen molar-refractivity contribution in [1.82, 2.24) is 4.90 Å². The van der Waals surface area contributed by atoms with Crippen LogP contribution < -0.4 is 5.73 Å². The van der Waals surface area contributed by atoms with Crippen LogP contribution in [0.5, 0.6) is 0 Å². The van der Waals surface area contributed by atoms with Crippen LogP contribution in [0.15, 0.2) is 4.99 Å². The van der Waals surface area contributed by atoms with Gasteiger partial charge < -0.3 is 15.7 Å². The molecule has 0 amide bonds. The lowest BCUT2D eigenvalue weighted by Gasteiger charge is -2.14. The first-order chi connectivity index (χ1) is 7.99. The molecule has 1 unspecified atom stereocenters. The molecule has 3 N–H and O–H groups in total. The lowest BCUT2D eigenvalue weighted by atomic mass is 10.1. The Kier molecular flexibility index (Phi) is 8.19. The van der Waals surface area contributed by atoms with Crippen molar-refractivity contribution in [3.63, 3.8) is 0 Å². The van der Waals surface area contributed by atoms with Gasteiger partial charge in [-0.3, -0.25) is 0 Å². The number of unbranched alkanes of at least 4 members (excludes halogenated alkanes) is 4. The van der Waals surface area contributed by atoms with Crippen molar-refractivity contribution in [1.29, 1.82) is 0 Å². The Morgan fingerprint density at radius 3 is 2.35 bits per heavy atom. The van der Waals surface area contributed by atoms with Gasteiger partial charge in [0.05, 0.1) is 0 Å². The number of carboxylic acid groups (broad SMARTS) is 1. The van der Waals surface area contributed by atoms with E-state index < -0.39 is 12.0 Å². The van der Waals surface area contributed by atoms with Crippen molar-refractivity contribution in [2.75, 3.05) is 14.1 Å². The number of aliphatic imine (C=N–C) groups is 1. The van der Waals surface area contributed by atoms with Crippen molar-refractivity contribution in [3.05, 3.63) is 0 Å². The highest BCUT2D eigenvalue weighted by Crippen LogP contribution is 2.09. The summed E-state index contributed by atoms with van der Waals surface area (Å²) in [6.45, 7) is 2.15. The molecule has 0 saturated carbocycles. The van der Waals surface area contributed by atoms with Gasteiger partial charge in [-0.05, 0) is 6.42 Å². The highest BCUT2D eigenvalue weighted by Gasteiger charge is 2.16. The molecule has 1 atom stereocenters. The molecule has 0 saturated heterocycles. The van der Waals surface area contributed by atoms with E-state index in [1.54, 1.807) is 19.0 Å². The first-order valence-corrected chi connectivity index (χ1v) is 6.22. The van der Waals surface area contributed by atoms with Crippen molar-refractivity contribution in [2.24, 2.45) is 10.7 Å². The summed E-state index contributed by atoms with van der Waals surface area (Å²) in [6.07, 6.45) is 6.08. The fourth-order valence-electron chi connectivity index (χ4n) is 1.46. The van der Waals surface area contributed by atoms with Gasteiger partial charge in [0.2, 0.25) is 0 Å². The van der Waals surface area contributed by atoms with Crippen LogP contribution in [0.2, 0.25) is 0 Å². The fraction of sp³-hybridized carbons (Fsp3) is 0.833. The van der Waals surface area contributed by atoms with Gasteiger partial charge in [0.1, 0.15) is 0 Å². The summed E-state index contributed by atoms with van der Waals surface area (Å²) in [5, 5.41) is 9.03. The number of nitrogens with zero attached hydrogens (tertiary/aromatic N) is 2. The third-order valence-corrected chi connectivity index (χ3v) is 2.61. The fourth-order valence-corrected chi connectivity index (χ4v) is 1.46. The van der Waals surface area contributed by atoms with Gasteiger partial charge in [0, 0.05) is 14.1 Å². The van der Waals surface area contributed by atoms with Gasteiger partial charge in [0.25, 0.3) is 0 Å². The number of guanidine groups is 1. The quantitative estimate of drug-likeness (QED) is 0.386. The van der Waals surface area contributed by atoms with E-state index in [1.165, 1.54) is 12.8 Å². The Balaban J connectivity index is 4.09. The van der Waals surface area contributed by atoms with Crippen LogP contribution in [0.1, 0.15) is 45.4 Å². The zero-order valence-electron chi connectivity index (χ0n) is 11.1. The van der Waals surface area contributed by atoms with E-state index in [9.17, 15) is 4.79 Å². The van der Waals surface area contributed by atoms with Crippen LogP contribution in [-0.4, -0.2) is 42.1 Å². The van der Waals surface area contributed by atoms with E-state index in [0.717, 1.165) is 19.3 Å². The molecule has 0 bridgehead atoms. The molecular weight excluding hydrogens is 218 g/mol. The van der Waals surface area contributed by atoms with Crippen LogP contribution in [0.25, 0.3) is 0 Å². The van der Waals surface area contributed by atoms with Crippen LogP contribution in [0.3, 0.4) is 0 Å². The lowest BCUT2D eigenvalue weighted by Crippen LogP contribution is -2.33. The van der Waals surface area contributed by atoms with E-state index >= 15 is 0 Å².